The quantitative estimate of drug-likeness (QED) is 0.906. The fourth-order valence-corrected chi connectivity index (χ4v) is 1.55. The fraction of sp³-hybridized carbons (Fsp3) is 0.333. The number of rotatable bonds is 4. The normalized spacial score (nSPS) is 12.6. The average Bonchev–Trinajstić information content (AvgIpc) is 2.78. The van der Waals surface area contributed by atoms with Crippen LogP contribution in [0.2, 0.25) is 0 Å². The minimum Gasteiger partial charge on any atom is -0.507 e. The van der Waals surface area contributed by atoms with Gasteiger partial charge in [-0.2, -0.15) is 4.98 Å². The van der Waals surface area contributed by atoms with E-state index in [0.717, 1.165) is 0 Å². The van der Waals surface area contributed by atoms with E-state index in [-0.39, 0.29) is 23.3 Å². The lowest BCUT2D eigenvalue weighted by molar-refractivity contribution is 0.0683. The summed E-state index contributed by atoms with van der Waals surface area (Å²) in [6.07, 6.45) is -0.346. The topological polar surface area (TPSA) is 68.4 Å². The lowest BCUT2D eigenvalue weighted by Crippen LogP contribution is -2.01. The first kappa shape index (κ1) is 12.5. The molecule has 96 valence electrons. The van der Waals surface area contributed by atoms with Crippen LogP contribution in [0.4, 0.5) is 4.39 Å². The first-order valence-electron chi connectivity index (χ1n) is 5.56. The smallest absolute Gasteiger partial charge is 0.264 e. The molecule has 1 aromatic heterocycles. The molecule has 0 saturated carbocycles. The molecule has 2 rings (SSSR count). The molecule has 6 heteroatoms. The van der Waals surface area contributed by atoms with Crippen molar-refractivity contribution in [3.8, 4) is 17.2 Å². The Morgan fingerprint density at radius 1 is 1.50 bits per heavy atom. The molecule has 1 unspecified atom stereocenters. The summed E-state index contributed by atoms with van der Waals surface area (Å²) in [6, 6.07) is 3.97. The van der Waals surface area contributed by atoms with Crippen molar-refractivity contribution in [2.45, 2.75) is 20.0 Å². The molecule has 0 aliphatic rings. The lowest BCUT2D eigenvalue weighted by atomic mass is 10.2. The van der Waals surface area contributed by atoms with Gasteiger partial charge >= 0.3 is 0 Å². The highest BCUT2D eigenvalue weighted by atomic mass is 19.1. The number of nitrogens with zero attached hydrogens (tertiary/aromatic N) is 2. The predicted octanol–water partition coefficient (Wildman–Crippen LogP) is 2.68. The van der Waals surface area contributed by atoms with E-state index in [1.807, 2.05) is 6.92 Å². The van der Waals surface area contributed by atoms with Crippen LogP contribution in [0.3, 0.4) is 0 Å². The Morgan fingerprint density at radius 3 is 2.94 bits per heavy atom. The Balaban J connectivity index is 2.35. The number of aromatic nitrogens is 2. The molecule has 2 aromatic rings. The van der Waals surface area contributed by atoms with Gasteiger partial charge in [0.05, 0.1) is 0 Å². The zero-order valence-corrected chi connectivity index (χ0v) is 10.1. The third-order valence-corrected chi connectivity index (χ3v) is 2.43. The highest BCUT2D eigenvalue weighted by Crippen LogP contribution is 2.31. The second-order valence-corrected chi connectivity index (χ2v) is 3.69. The Kier molecular flexibility index (Phi) is 3.57. The van der Waals surface area contributed by atoms with E-state index in [1.165, 1.54) is 18.2 Å². The van der Waals surface area contributed by atoms with Crippen LogP contribution < -0.4 is 0 Å². The van der Waals surface area contributed by atoms with Crippen LogP contribution in [0, 0.1) is 5.82 Å². The summed E-state index contributed by atoms with van der Waals surface area (Å²) in [5, 5.41) is 13.3. The lowest BCUT2D eigenvalue weighted by Gasteiger charge is -2.04. The molecule has 1 N–H and O–H groups in total. The maximum absolute atomic E-state index is 13.6. The zero-order chi connectivity index (χ0) is 13.1. The SMILES string of the molecule is CCOC(C)c1noc(-c2c(O)cccc2F)n1. The van der Waals surface area contributed by atoms with Crippen molar-refractivity contribution in [1.82, 2.24) is 10.1 Å². The van der Waals surface area contributed by atoms with Crippen molar-refractivity contribution >= 4 is 0 Å². The second kappa shape index (κ2) is 5.14. The summed E-state index contributed by atoms with van der Waals surface area (Å²) in [5.41, 5.74) is -0.0973. The van der Waals surface area contributed by atoms with Gasteiger partial charge in [0, 0.05) is 6.61 Å². The summed E-state index contributed by atoms with van der Waals surface area (Å²) >= 11 is 0. The van der Waals surface area contributed by atoms with Gasteiger partial charge in [0.2, 0.25) is 5.82 Å². The van der Waals surface area contributed by atoms with E-state index in [9.17, 15) is 9.50 Å². The number of hydrogen-bond donors (Lipinski definition) is 1. The molecule has 0 aliphatic heterocycles. The first-order chi connectivity index (χ1) is 8.63. The zero-order valence-electron chi connectivity index (χ0n) is 10.1. The summed E-state index contributed by atoms with van der Waals surface area (Å²) in [5.74, 6) is -0.606. The number of benzene rings is 1. The minimum absolute atomic E-state index is 0.0628. The van der Waals surface area contributed by atoms with Crippen molar-refractivity contribution in [3.05, 3.63) is 29.8 Å². The summed E-state index contributed by atoms with van der Waals surface area (Å²) in [6.45, 7) is 4.12. The number of phenolic OH excluding ortho intramolecular Hbond substituents is 1. The predicted molar refractivity (Wildman–Crippen MR) is 61.4 cm³/mol. The molecule has 0 bridgehead atoms. The third kappa shape index (κ3) is 2.33. The second-order valence-electron chi connectivity index (χ2n) is 3.69. The van der Waals surface area contributed by atoms with Crippen molar-refractivity contribution in [1.29, 1.82) is 0 Å². The van der Waals surface area contributed by atoms with E-state index < -0.39 is 5.82 Å². The maximum atomic E-state index is 13.6. The van der Waals surface area contributed by atoms with Crippen LogP contribution in [0.25, 0.3) is 11.5 Å². The van der Waals surface area contributed by atoms with Crippen LogP contribution in [0.1, 0.15) is 25.8 Å². The Bertz CT molecular complexity index is 522. The van der Waals surface area contributed by atoms with Gasteiger partial charge in [-0.25, -0.2) is 4.39 Å². The van der Waals surface area contributed by atoms with Crippen LogP contribution in [0.5, 0.6) is 5.75 Å². The van der Waals surface area contributed by atoms with Crippen molar-refractivity contribution in [3.63, 3.8) is 0 Å². The van der Waals surface area contributed by atoms with E-state index >= 15 is 0 Å². The first-order valence-corrected chi connectivity index (χ1v) is 5.56. The third-order valence-electron chi connectivity index (χ3n) is 2.43. The maximum Gasteiger partial charge on any atom is 0.264 e. The van der Waals surface area contributed by atoms with Crippen LogP contribution >= 0.6 is 0 Å². The van der Waals surface area contributed by atoms with Crippen LogP contribution in [-0.2, 0) is 4.74 Å². The molecule has 0 spiro atoms. The molecular weight excluding hydrogens is 239 g/mol. The molecule has 18 heavy (non-hydrogen) atoms. The van der Waals surface area contributed by atoms with Gasteiger partial charge in [-0.05, 0) is 26.0 Å². The van der Waals surface area contributed by atoms with Crippen molar-refractivity contribution < 1.29 is 18.8 Å². The molecule has 1 aromatic carbocycles. The van der Waals surface area contributed by atoms with Gasteiger partial charge in [-0.1, -0.05) is 11.2 Å². The van der Waals surface area contributed by atoms with Crippen LogP contribution in [-0.4, -0.2) is 21.9 Å². The van der Waals surface area contributed by atoms with E-state index in [2.05, 4.69) is 10.1 Å². The molecule has 0 aliphatic carbocycles. The molecular formula is C12H13FN2O3. The summed E-state index contributed by atoms with van der Waals surface area (Å²) in [4.78, 5) is 4.02. The van der Waals surface area contributed by atoms with Crippen molar-refractivity contribution in [2.24, 2.45) is 0 Å². The van der Waals surface area contributed by atoms with Crippen molar-refractivity contribution in [2.75, 3.05) is 6.61 Å². The largest absolute Gasteiger partial charge is 0.507 e. The standard InChI is InChI=1S/C12H13FN2O3/c1-3-17-7(2)11-14-12(18-15-11)10-8(13)5-4-6-9(10)16/h4-7,16H,3H2,1-2H3. The summed E-state index contributed by atoms with van der Waals surface area (Å²) in [7, 11) is 0. The summed E-state index contributed by atoms with van der Waals surface area (Å²) < 4.78 is 23.8. The molecule has 0 amide bonds. The van der Waals surface area contributed by atoms with Crippen LogP contribution in [0.15, 0.2) is 22.7 Å². The molecule has 0 saturated heterocycles. The monoisotopic (exact) mass is 252 g/mol. The van der Waals surface area contributed by atoms with Gasteiger partial charge in [-0.15, -0.1) is 0 Å². The van der Waals surface area contributed by atoms with Gasteiger partial charge in [0.15, 0.2) is 0 Å². The number of ether oxygens (including phenoxy) is 1. The molecule has 5 nitrogen and oxygen atoms in total. The Hall–Kier alpha value is -1.95. The number of aromatic hydroxyl groups is 1. The Labute approximate surface area is 103 Å². The number of halogens is 1. The molecule has 0 fully saturated rings. The number of phenols is 1. The van der Waals surface area contributed by atoms with Gasteiger partial charge in [0.25, 0.3) is 5.89 Å². The van der Waals surface area contributed by atoms with Gasteiger partial charge < -0.3 is 14.4 Å². The highest BCUT2D eigenvalue weighted by Gasteiger charge is 2.19. The number of hydrogen-bond acceptors (Lipinski definition) is 5. The van der Waals surface area contributed by atoms with Gasteiger partial charge in [0.1, 0.15) is 23.2 Å². The fourth-order valence-electron chi connectivity index (χ4n) is 1.55. The minimum atomic E-state index is -0.616. The molecule has 0 radical (unpaired) electrons. The van der Waals surface area contributed by atoms with Gasteiger partial charge in [-0.3, -0.25) is 0 Å². The Morgan fingerprint density at radius 2 is 2.28 bits per heavy atom. The van der Waals surface area contributed by atoms with E-state index in [0.29, 0.717) is 12.4 Å². The molecule has 1 atom stereocenters. The van der Waals surface area contributed by atoms with E-state index in [1.54, 1.807) is 6.92 Å². The molecule has 1 heterocycles. The van der Waals surface area contributed by atoms with E-state index in [4.69, 9.17) is 9.26 Å². The average molecular weight is 252 g/mol. The highest BCUT2D eigenvalue weighted by molar-refractivity contribution is 5.62.